The van der Waals surface area contributed by atoms with E-state index in [0.717, 1.165) is 11.3 Å². The number of pyridine rings is 1. The Morgan fingerprint density at radius 3 is 2.54 bits per heavy atom. The van der Waals surface area contributed by atoms with E-state index in [9.17, 15) is 14.4 Å². The lowest BCUT2D eigenvalue weighted by atomic mass is 10.2. The molecular weight excluding hydrogens is 541 g/mol. The van der Waals surface area contributed by atoms with Crippen molar-refractivity contribution in [3.8, 4) is 0 Å². The van der Waals surface area contributed by atoms with Gasteiger partial charge in [-0.25, -0.2) is 9.78 Å². The topological polar surface area (TPSA) is 112 Å². The normalized spacial score (nSPS) is 13.4. The first-order valence-corrected chi connectivity index (χ1v) is 13.0. The number of anilines is 2. The van der Waals surface area contributed by atoms with Gasteiger partial charge in [-0.2, -0.15) is 0 Å². The molecule has 3 heterocycles. The highest BCUT2D eigenvalue weighted by Gasteiger charge is 2.22. The van der Waals surface area contributed by atoms with Crippen molar-refractivity contribution in [3.63, 3.8) is 0 Å². The molecule has 39 heavy (non-hydrogen) atoms. The second-order valence-electron chi connectivity index (χ2n) is 9.05. The number of benzene rings is 2. The second kappa shape index (κ2) is 11.7. The van der Waals surface area contributed by atoms with E-state index in [1.54, 1.807) is 59.8 Å². The zero-order chi connectivity index (χ0) is 27.4. The maximum absolute atomic E-state index is 13.2. The number of fused-ring (bicyclic) bond motifs is 1. The van der Waals surface area contributed by atoms with Crippen LogP contribution in [0.2, 0.25) is 10.0 Å². The predicted molar refractivity (Wildman–Crippen MR) is 151 cm³/mol. The number of carbonyl (C=O) groups is 2. The summed E-state index contributed by atoms with van der Waals surface area (Å²) in [5.41, 5.74) is 2.54. The van der Waals surface area contributed by atoms with E-state index in [0.29, 0.717) is 52.8 Å². The minimum atomic E-state index is -0.332. The summed E-state index contributed by atoms with van der Waals surface area (Å²) in [5.74, 6) is -0.332. The van der Waals surface area contributed by atoms with Gasteiger partial charge in [-0.3, -0.25) is 19.1 Å². The summed E-state index contributed by atoms with van der Waals surface area (Å²) >= 11 is 12.0. The summed E-state index contributed by atoms with van der Waals surface area (Å²) in [6.07, 6.45) is 4.63. The Bertz CT molecular complexity index is 1570. The fourth-order valence-electron chi connectivity index (χ4n) is 4.32. The van der Waals surface area contributed by atoms with Crippen LogP contribution < -0.4 is 21.1 Å². The van der Waals surface area contributed by atoms with Crippen molar-refractivity contribution in [2.75, 3.05) is 36.4 Å². The third kappa shape index (κ3) is 6.30. The number of nitrogens with one attached hydrogen (secondary N) is 2. The number of carbonyl (C=O) groups excluding carboxylic acids is 2. The van der Waals surface area contributed by atoms with E-state index in [2.05, 4.69) is 25.5 Å². The average molecular weight is 566 g/mol. The molecule has 5 rings (SSSR count). The Morgan fingerprint density at radius 2 is 1.79 bits per heavy atom. The first kappa shape index (κ1) is 26.5. The molecule has 12 heteroatoms. The van der Waals surface area contributed by atoms with Crippen molar-refractivity contribution < 1.29 is 9.59 Å². The first-order chi connectivity index (χ1) is 18.9. The van der Waals surface area contributed by atoms with Gasteiger partial charge in [0.25, 0.3) is 5.56 Å². The molecular formula is C27H25Cl2N7O3. The Hall–Kier alpha value is -4.15. The van der Waals surface area contributed by atoms with E-state index in [1.165, 1.54) is 10.9 Å². The summed E-state index contributed by atoms with van der Waals surface area (Å²) in [7, 11) is 0. The van der Waals surface area contributed by atoms with Crippen LogP contribution in [0.25, 0.3) is 10.9 Å². The number of rotatable bonds is 6. The molecule has 1 saturated heterocycles. The Labute approximate surface area is 234 Å². The molecule has 0 aliphatic carbocycles. The van der Waals surface area contributed by atoms with E-state index < -0.39 is 0 Å². The van der Waals surface area contributed by atoms with Gasteiger partial charge < -0.3 is 20.4 Å². The van der Waals surface area contributed by atoms with Crippen LogP contribution in [-0.2, 0) is 17.9 Å². The van der Waals surface area contributed by atoms with Crippen molar-refractivity contribution in [2.45, 2.75) is 13.1 Å². The molecule has 10 nitrogen and oxygen atoms in total. The lowest BCUT2D eigenvalue weighted by Crippen LogP contribution is -2.50. The summed E-state index contributed by atoms with van der Waals surface area (Å²) in [4.78, 5) is 50.6. The predicted octanol–water partition coefficient (Wildman–Crippen LogP) is 3.77. The number of amides is 3. The van der Waals surface area contributed by atoms with Crippen molar-refractivity contribution in [1.82, 2.24) is 24.8 Å². The maximum Gasteiger partial charge on any atom is 0.322 e. The van der Waals surface area contributed by atoms with Gasteiger partial charge in [0.2, 0.25) is 5.91 Å². The fourth-order valence-corrected chi connectivity index (χ4v) is 4.64. The average Bonchev–Trinajstić information content (AvgIpc) is 2.96. The number of hydrogen-bond donors (Lipinski definition) is 2. The van der Waals surface area contributed by atoms with E-state index >= 15 is 0 Å². The van der Waals surface area contributed by atoms with Crippen LogP contribution in [0.1, 0.15) is 5.56 Å². The molecule has 2 aromatic heterocycles. The van der Waals surface area contributed by atoms with E-state index in [4.69, 9.17) is 23.2 Å². The molecule has 0 saturated carbocycles. The van der Waals surface area contributed by atoms with Crippen LogP contribution in [0.4, 0.5) is 16.2 Å². The zero-order valence-corrected chi connectivity index (χ0v) is 22.3. The number of halogens is 2. The molecule has 0 radical (unpaired) electrons. The van der Waals surface area contributed by atoms with Crippen molar-refractivity contribution in [2.24, 2.45) is 0 Å². The van der Waals surface area contributed by atoms with Gasteiger partial charge >= 0.3 is 6.03 Å². The third-order valence-corrected chi connectivity index (χ3v) is 7.18. The quantitative estimate of drug-likeness (QED) is 0.368. The molecule has 1 aliphatic rings. The molecule has 0 atom stereocenters. The number of piperazine rings is 1. The van der Waals surface area contributed by atoms with E-state index in [-0.39, 0.29) is 30.6 Å². The standard InChI is InChI=1S/C27H25Cl2N7O3/c28-22-5-3-18(12-23(22)29)14-31-25(37)16-36-17-32-24-6-4-20(13-21(24)26(36)38)34-8-10-35(11-9-34)27(39)33-19-2-1-7-30-15-19/h1-7,12-13,15,17H,8-11,14,16H2,(H,31,37)(H,33,39). The molecule has 1 aliphatic heterocycles. The van der Waals surface area contributed by atoms with Gasteiger partial charge in [0.15, 0.2) is 0 Å². The smallest absolute Gasteiger partial charge is 0.322 e. The highest BCUT2D eigenvalue weighted by atomic mass is 35.5. The molecule has 0 unspecified atom stereocenters. The SMILES string of the molecule is O=C(Cn1cnc2ccc(N3CCN(C(=O)Nc4cccnc4)CC3)cc2c1=O)NCc1ccc(Cl)c(Cl)c1. The van der Waals surface area contributed by atoms with Crippen LogP contribution in [0, 0.1) is 0 Å². The Morgan fingerprint density at radius 1 is 0.974 bits per heavy atom. The number of aromatic nitrogens is 3. The van der Waals surface area contributed by atoms with Gasteiger partial charge in [0, 0.05) is 44.6 Å². The molecule has 0 spiro atoms. The van der Waals surface area contributed by atoms with Crippen LogP contribution in [0.5, 0.6) is 0 Å². The highest BCUT2D eigenvalue weighted by molar-refractivity contribution is 6.42. The summed E-state index contributed by atoms with van der Waals surface area (Å²) in [6, 6.07) is 14.0. The van der Waals surface area contributed by atoms with Crippen LogP contribution in [-0.4, -0.2) is 57.6 Å². The summed E-state index contributed by atoms with van der Waals surface area (Å²) in [5, 5.41) is 6.90. The highest BCUT2D eigenvalue weighted by Crippen LogP contribution is 2.23. The fraction of sp³-hybridized carbons (Fsp3) is 0.222. The van der Waals surface area contributed by atoms with Gasteiger partial charge in [0.1, 0.15) is 6.54 Å². The number of nitrogens with zero attached hydrogens (tertiary/aromatic N) is 5. The second-order valence-corrected chi connectivity index (χ2v) is 9.86. The molecule has 1 fully saturated rings. The molecule has 3 amide bonds. The molecule has 200 valence electrons. The number of hydrogen-bond acceptors (Lipinski definition) is 6. The van der Waals surface area contributed by atoms with Crippen LogP contribution in [0.3, 0.4) is 0 Å². The lowest BCUT2D eigenvalue weighted by molar-refractivity contribution is -0.121. The van der Waals surface area contributed by atoms with Crippen LogP contribution in [0.15, 0.2) is 72.0 Å². The Balaban J connectivity index is 1.22. The van der Waals surface area contributed by atoms with Crippen molar-refractivity contribution in [1.29, 1.82) is 0 Å². The third-order valence-electron chi connectivity index (χ3n) is 6.44. The van der Waals surface area contributed by atoms with Gasteiger partial charge in [-0.15, -0.1) is 0 Å². The Kier molecular flexibility index (Phi) is 7.94. The van der Waals surface area contributed by atoms with Crippen molar-refractivity contribution in [3.05, 3.63) is 93.2 Å². The van der Waals surface area contributed by atoms with Gasteiger partial charge in [-0.1, -0.05) is 29.3 Å². The first-order valence-electron chi connectivity index (χ1n) is 12.3. The molecule has 0 bridgehead atoms. The van der Waals surface area contributed by atoms with E-state index in [1.807, 2.05) is 6.07 Å². The summed E-state index contributed by atoms with van der Waals surface area (Å²) < 4.78 is 1.29. The summed E-state index contributed by atoms with van der Waals surface area (Å²) in [6.45, 7) is 2.36. The number of urea groups is 1. The monoisotopic (exact) mass is 565 g/mol. The molecule has 2 aromatic carbocycles. The lowest BCUT2D eigenvalue weighted by Gasteiger charge is -2.36. The van der Waals surface area contributed by atoms with Crippen LogP contribution >= 0.6 is 23.2 Å². The van der Waals surface area contributed by atoms with Gasteiger partial charge in [0.05, 0.1) is 39.2 Å². The van der Waals surface area contributed by atoms with Gasteiger partial charge in [-0.05, 0) is 48.0 Å². The molecule has 4 aromatic rings. The van der Waals surface area contributed by atoms with Crippen molar-refractivity contribution >= 4 is 57.4 Å². The maximum atomic E-state index is 13.2. The molecule has 2 N–H and O–H groups in total. The minimum Gasteiger partial charge on any atom is -0.368 e. The largest absolute Gasteiger partial charge is 0.368 e. The zero-order valence-electron chi connectivity index (χ0n) is 20.8. The minimum absolute atomic E-state index is 0.169.